The second-order valence-corrected chi connectivity index (χ2v) is 8.46. The van der Waals surface area contributed by atoms with Crippen LogP contribution in [0.3, 0.4) is 0 Å². The molecule has 31 heavy (non-hydrogen) atoms. The number of ether oxygens (including phenoxy) is 2. The molecule has 0 spiro atoms. The minimum atomic E-state index is -1.05. The Hall–Kier alpha value is -2.77. The van der Waals surface area contributed by atoms with E-state index in [1.54, 1.807) is 20.3 Å². The molecule has 0 aromatic heterocycles. The molecule has 0 aliphatic rings. The number of aliphatic hydroxyl groups excluding tert-OH is 1. The molecule has 0 fully saturated rings. The average Bonchev–Trinajstić information content (AvgIpc) is 2.72. The Labute approximate surface area is 184 Å². The quantitative estimate of drug-likeness (QED) is 0.534. The molecule has 7 nitrogen and oxygen atoms in total. The van der Waals surface area contributed by atoms with Crippen molar-refractivity contribution >= 4 is 6.09 Å². The summed E-state index contributed by atoms with van der Waals surface area (Å²) in [6.45, 7) is 6.20. The van der Waals surface area contributed by atoms with E-state index in [0.717, 1.165) is 11.1 Å². The van der Waals surface area contributed by atoms with Gasteiger partial charge in [-0.3, -0.25) is 4.90 Å². The van der Waals surface area contributed by atoms with Crippen molar-refractivity contribution in [3.63, 3.8) is 0 Å². The maximum absolute atomic E-state index is 12.1. The van der Waals surface area contributed by atoms with Gasteiger partial charge in [0.2, 0.25) is 0 Å². The number of nitrogens with one attached hydrogen (secondary N) is 1. The predicted molar refractivity (Wildman–Crippen MR) is 121 cm³/mol. The van der Waals surface area contributed by atoms with Crippen molar-refractivity contribution < 1.29 is 24.5 Å². The molecule has 0 radical (unpaired) electrons. The Bertz CT molecular complexity index is 836. The molecular formula is C24H34N2O5. The van der Waals surface area contributed by atoms with Gasteiger partial charge in [0.1, 0.15) is 11.5 Å². The molecule has 1 amide bonds. The molecule has 2 rings (SSSR count). The van der Waals surface area contributed by atoms with E-state index in [9.17, 15) is 15.0 Å². The first kappa shape index (κ1) is 24.5. The number of rotatable bonds is 10. The van der Waals surface area contributed by atoms with Gasteiger partial charge in [0.15, 0.2) is 0 Å². The molecule has 170 valence electrons. The van der Waals surface area contributed by atoms with Crippen molar-refractivity contribution in [3.8, 4) is 11.5 Å². The van der Waals surface area contributed by atoms with Gasteiger partial charge < -0.3 is 25.0 Å². The maximum atomic E-state index is 12.1. The molecule has 3 N–H and O–H groups in total. The summed E-state index contributed by atoms with van der Waals surface area (Å²) in [5.74, 6) is 1.38. The van der Waals surface area contributed by atoms with Crippen LogP contribution in [0, 0.1) is 0 Å². The third-order valence-corrected chi connectivity index (χ3v) is 5.16. The van der Waals surface area contributed by atoms with E-state index in [1.165, 1.54) is 4.90 Å². The molecule has 0 saturated carbocycles. The smallest absolute Gasteiger partial charge is 0.408 e. The molecule has 7 heteroatoms. The van der Waals surface area contributed by atoms with Crippen LogP contribution in [0.4, 0.5) is 4.79 Å². The average molecular weight is 431 g/mol. The van der Waals surface area contributed by atoms with Crippen molar-refractivity contribution in [3.05, 3.63) is 59.7 Å². The summed E-state index contributed by atoms with van der Waals surface area (Å²) in [5, 5.41) is 24.1. The van der Waals surface area contributed by atoms with E-state index in [0.29, 0.717) is 24.5 Å². The summed E-state index contributed by atoms with van der Waals surface area (Å²) < 4.78 is 10.6. The Morgan fingerprint density at radius 3 is 2.32 bits per heavy atom. The highest BCUT2D eigenvalue weighted by Crippen LogP contribution is 2.25. The van der Waals surface area contributed by atoms with Gasteiger partial charge in [-0.2, -0.15) is 0 Å². The maximum Gasteiger partial charge on any atom is 0.408 e. The van der Waals surface area contributed by atoms with E-state index in [-0.39, 0.29) is 6.54 Å². The summed E-state index contributed by atoms with van der Waals surface area (Å²) in [5.41, 5.74) is 1.23. The highest BCUT2D eigenvalue weighted by atomic mass is 16.5. The molecule has 0 unspecified atom stereocenters. The van der Waals surface area contributed by atoms with Gasteiger partial charge in [-0.25, -0.2) is 4.79 Å². The van der Waals surface area contributed by atoms with Gasteiger partial charge in [0, 0.05) is 30.3 Å². The fourth-order valence-corrected chi connectivity index (χ4v) is 3.67. The zero-order chi connectivity index (χ0) is 23.0. The number of carbonyl (C=O) groups is 1. The lowest BCUT2D eigenvalue weighted by Gasteiger charge is -2.42. The minimum absolute atomic E-state index is 0.229. The Balaban J connectivity index is 2.15. The van der Waals surface area contributed by atoms with Gasteiger partial charge in [0.05, 0.1) is 26.4 Å². The number of methoxy groups -OCH3 is 2. The van der Waals surface area contributed by atoms with Crippen LogP contribution in [-0.2, 0) is 13.0 Å². The number of carboxylic acid groups (broad SMARTS) is 1. The number of hydrogen-bond acceptors (Lipinski definition) is 5. The molecule has 0 aliphatic carbocycles. The number of amides is 1. The van der Waals surface area contributed by atoms with Crippen molar-refractivity contribution in [2.24, 2.45) is 0 Å². The fraction of sp³-hybridized carbons (Fsp3) is 0.458. The van der Waals surface area contributed by atoms with Crippen LogP contribution in [0.25, 0.3) is 0 Å². The van der Waals surface area contributed by atoms with Crippen LogP contribution < -0.4 is 14.8 Å². The number of nitrogens with zero attached hydrogens (tertiary/aromatic N) is 1. The van der Waals surface area contributed by atoms with Crippen LogP contribution in [0.5, 0.6) is 11.5 Å². The second-order valence-electron chi connectivity index (χ2n) is 8.46. The first-order chi connectivity index (χ1) is 14.7. The molecule has 2 atom stereocenters. The SMILES string of the molecule is COc1ccc(CNC[C@@H](O)[C@H](Cc2ccccc2)N(C(=O)O)C(C)(C)C)c(OC)c1. The van der Waals surface area contributed by atoms with E-state index in [2.05, 4.69) is 5.32 Å². The topological polar surface area (TPSA) is 91.3 Å². The normalized spacial score (nSPS) is 13.4. The van der Waals surface area contributed by atoms with Crippen molar-refractivity contribution in [1.29, 1.82) is 0 Å². The van der Waals surface area contributed by atoms with Crippen LogP contribution >= 0.6 is 0 Å². The summed E-state index contributed by atoms with van der Waals surface area (Å²) in [7, 11) is 3.19. The lowest BCUT2D eigenvalue weighted by Crippen LogP contribution is -2.58. The minimum Gasteiger partial charge on any atom is -0.497 e. The van der Waals surface area contributed by atoms with E-state index in [4.69, 9.17) is 9.47 Å². The molecule has 0 bridgehead atoms. The largest absolute Gasteiger partial charge is 0.497 e. The number of benzene rings is 2. The zero-order valence-corrected chi connectivity index (χ0v) is 19.0. The molecule has 0 aliphatic heterocycles. The summed E-state index contributed by atoms with van der Waals surface area (Å²) in [4.78, 5) is 13.4. The van der Waals surface area contributed by atoms with E-state index < -0.39 is 23.8 Å². The monoisotopic (exact) mass is 430 g/mol. The number of aliphatic hydroxyl groups is 1. The first-order valence-electron chi connectivity index (χ1n) is 10.3. The van der Waals surface area contributed by atoms with Gasteiger partial charge in [-0.15, -0.1) is 0 Å². The summed E-state index contributed by atoms with van der Waals surface area (Å²) in [6.07, 6.45) is -1.54. The standard InChI is InChI=1S/C24H34N2O5/c1-24(2,3)26(23(28)29)20(13-17-9-7-6-8-10-17)21(27)16-25-15-18-11-12-19(30-4)14-22(18)31-5/h6-12,14,20-21,25,27H,13,15-16H2,1-5H3,(H,28,29)/t20-,21+/m0/s1. The molecule has 0 heterocycles. The van der Waals surface area contributed by atoms with Crippen molar-refractivity contribution in [2.45, 2.75) is 51.4 Å². The van der Waals surface area contributed by atoms with E-state index >= 15 is 0 Å². The molecule has 0 saturated heterocycles. The molecule has 2 aromatic rings. The van der Waals surface area contributed by atoms with Crippen molar-refractivity contribution in [2.75, 3.05) is 20.8 Å². The predicted octanol–water partition coefficient (Wildman–Crippen LogP) is 3.54. The van der Waals surface area contributed by atoms with Crippen LogP contribution in [-0.4, -0.2) is 59.7 Å². The Morgan fingerprint density at radius 1 is 1.10 bits per heavy atom. The van der Waals surface area contributed by atoms with Gasteiger partial charge in [-0.05, 0) is 38.8 Å². The molecular weight excluding hydrogens is 396 g/mol. The molecule has 2 aromatic carbocycles. The lowest BCUT2D eigenvalue weighted by atomic mass is 9.94. The first-order valence-corrected chi connectivity index (χ1v) is 10.3. The lowest BCUT2D eigenvalue weighted by molar-refractivity contribution is 0.00769. The van der Waals surface area contributed by atoms with E-state index in [1.807, 2.05) is 63.2 Å². The van der Waals surface area contributed by atoms with Crippen molar-refractivity contribution in [1.82, 2.24) is 10.2 Å². The highest BCUT2D eigenvalue weighted by molar-refractivity contribution is 5.66. The summed E-state index contributed by atoms with van der Waals surface area (Å²) in [6, 6.07) is 14.6. The van der Waals surface area contributed by atoms with Gasteiger partial charge in [0.25, 0.3) is 0 Å². The summed E-state index contributed by atoms with van der Waals surface area (Å²) >= 11 is 0. The van der Waals surface area contributed by atoms with Gasteiger partial charge >= 0.3 is 6.09 Å². The number of hydrogen-bond donors (Lipinski definition) is 3. The third kappa shape index (κ3) is 6.87. The Kier molecular flexibility index (Phi) is 8.71. The van der Waals surface area contributed by atoms with Crippen LogP contribution in [0.15, 0.2) is 48.5 Å². The van der Waals surface area contributed by atoms with Gasteiger partial charge in [-0.1, -0.05) is 36.4 Å². The third-order valence-electron chi connectivity index (χ3n) is 5.16. The zero-order valence-electron chi connectivity index (χ0n) is 19.0. The fourth-order valence-electron chi connectivity index (χ4n) is 3.67. The Morgan fingerprint density at radius 2 is 1.77 bits per heavy atom. The van der Waals surface area contributed by atoms with Crippen LogP contribution in [0.1, 0.15) is 31.9 Å². The highest BCUT2D eigenvalue weighted by Gasteiger charge is 2.37. The second kappa shape index (κ2) is 11.0. The van der Waals surface area contributed by atoms with Crippen LogP contribution in [0.2, 0.25) is 0 Å².